The first-order valence-electron chi connectivity index (χ1n) is 9.44. The van der Waals surface area contributed by atoms with E-state index in [1.54, 1.807) is 11.1 Å². The van der Waals surface area contributed by atoms with Gasteiger partial charge in [-0.2, -0.15) is 0 Å². The number of pyridine rings is 1. The lowest BCUT2D eigenvalue weighted by atomic mass is 10.1. The van der Waals surface area contributed by atoms with E-state index in [2.05, 4.69) is 16.8 Å². The van der Waals surface area contributed by atoms with Gasteiger partial charge in [0.15, 0.2) is 0 Å². The van der Waals surface area contributed by atoms with Crippen molar-refractivity contribution >= 4 is 6.09 Å². The van der Waals surface area contributed by atoms with E-state index in [4.69, 9.17) is 9.47 Å². The van der Waals surface area contributed by atoms with Gasteiger partial charge < -0.3 is 14.4 Å². The van der Waals surface area contributed by atoms with Gasteiger partial charge in [0.25, 0.3) is 0 Å². The van der Waals surface area contributed by atoms with Crippen molar-refractivity contribution in [1.82, 2.24) is 9.88 Å². The predicted octanol–water partition coefficient (Wildman–Crippen LogP) is 4.27. The van der Waals surface area contributed by atoms with Gasteiger partial charge in [-0.3, -0.25) is 9.37 Å². The van der Waals surface area contributed by atoms with Gasteiger partial charge in [-0.1, -0.05) is 11.8 Å². The lowest BCUT2D eigenvalue weighted by molar-refractivity contribution is -0.0142. The highest BCUT2D eigenvalue weighted by Gasteiger charge is 2.35. The molecule has 1 aliphatic heterocycles. The molecule has 2 rings (SSSR count). The van der Waals surface area contributed by atoms with Crippen molar-refractivity contribution < 1.29 is 18.7 Å². The summed E-state index contributed by atoms with van der Waals surface area (Å²) in [7, 11) is 0. The van der Waals surface area contributed by atoms with Crippen LogP contribution in [0.4, 0.5) is 9.18 Å². The van der Waals surface area contributed by atoms with Crippen LogP contribution in [0.25, 0.3) is 0 Å². The Morgan fingerprint density at radius 1 is 1.41 bits per heavy atom. The van der Waals surface area contributed by atoms with Crippen LogP contribution in [0.1, 0.15) is 57.7 Å². The number of carbonyl (C=O) groups excluding carboxylic acids is 1. The third-order valence-corrected chi connectivity index (χ3v) is 4.16. The van der Waals surface area contributed by atoms with Crippen LogP contribution >= 0.6 is 0 Å². The van der Waals surface area contributed by atoms with E-state index in [9.17, 15) is 9.18 Å². The number of carbonyl (C=O) groups is 1. The van der Waals surface area contributed by atoms with Crippen molar-refractivity contribution in [3.8, 4) is 17.6 Å². The molecule has 27 heavy (non-hydrogen) atoms. The molecule has 1 atom stereocenters. The number of alkyl halides is 1. The quantitative estimate of drug-likeness (QED) is 0.550. The van der Waals surface area contributed by atoms with E-state index >= 15 is 0 Å². The highest BCUT2D eigenvalue weighted by atomic mass is 19.1. The molecule has 0 aliphatic carbocycles. The van der Waals surface area contributed by atoms with Crippen LogP contribution in [0.5, 0.6) is 5.75 Å². The SMILES string of the molecule is Cc1ncc(C#CCCCCF)cc1OC[C@@H]1CCN1C(=O)OC(C)(C)C. The molecule has 1 aromatic heterocycles. The first-order valence-corrected chi connectivity index (χ1v) is 9.44. The second-order valence-corrected chi connectivity index (χ2v) is 7.68. The van der Waals surface area contributed by atoms with Crippen molar-refractivity contribution in [1.29, 1.82) is 0 Å². The van der Waals surface area contributed by atoms with E-state index in [0.717, 1.165) is 24.1 Å². The van der Waals surface area contributed by atoms with Gasteiger partial charge in [0.05, 0.1) is 18.4 Å². The molecule has 0 saturated carbocycles. The fourth-order valence-corrected chi connectivity index (χ4v) is 2.56. The van der Waals surface area contributed by atoms with Crippen LogP contribution in [-0.4, -0.2) is 47.4 Å². The standard InChI is InChI=1S/C21H29FN2O3/c1-16-19(13-17(14-23-16)9-7-5-6-8-11-22)26-15-18-10-12-24(18)20(25)27-21(2,3)4/h13-14,18H,5-6,8,10-12,15H2,1-4H3/t18-/m0/s1. The smallest absolute Gasteiger partial charge is 0.410 e. The summed E-state index contributed by atoms with van der Waals surface area (Å²) in [4.78, 5) is 18.2. The van der Waals surface area contributed by atoms with E-state index in [0.29, 0.717) is 31.7 Å². The molecule has 0 unspecified atom stereocenters. The summed E-state index contributed by atoms with van der Waals surface area (Å²) in [5.74, 6) is 6.74. The van der Waals surface area contributed by atoms with Crippen molar-refractivity contribution in [2.75, 3.05) is 19.8 Å². The largest absolute Gasteiger partial charge is 0.489 e. The highest BCUT2D eigenvalue weighted by molar-refractivity contribution is 5.69. The average Bonchev–Trinajstić information content (AvgIpc) is 2.54. The van der Waals surface area contributed by atoms with Gasteiger partial charge in [-0.15, -0.1) is 0 Å². The summed E-state index contributed by atoms with van der Waals surface area (Å²) in [5.41, 5.74) is 1.05. The number of amides is 1. The zero-order valence-corrected chi connectivity index (χ0v) is 16.7. The summed E-state index contributed by atoms with van der Waals surface area (Å²) >= 11 is 0. The zero-order chi connectivity index (χ0) is 19.9. The number of aryl methyl sites for hydroxylation is 1. The van der Waals surface area contributed by atoms with Gasteiger partial charge in [0, 0.05) is 24.7 Å². The fraction of sp³-hybridized carbons (Fsp3) is 0.619. The number of likely N-dealkylation sites (tertiary alicyclic amines) is 1. The molecular weight excluding hydrogens is 347 g/mol. The normalized spacial score (nSPS) is 16.2. The van der Waals surface area contributed by atoms with Crippen LogP contribution in [0.15, 0.2) is 12.3 Å². The van der Waals surface area contributed by atoms with Gasteiger partial charge in [0.1, 0.15) is 18.0 Å². The fourth-order valence-electron chi connectivity index (χ4n) is 2.56. The maximum Gasteiger partial charge on any atom is 0.410 e. The molecule has 0 bridgehead atoms. The Balaban J connectivity index is 1.90. The van der Waals surface area contributed by atoms with Crippen LogP contribution in [0.2, 0.25) is 0 Å². The number of unbranched alkanes of at least 4 members (excludes halogenated alkanes) is 2. The topological polar surface area (TPSA) is 51.7 Å². The summed E-state index contributed by atoms with van der Waals surface area (Å²) in [6.07, 6.45) is 4.27. The molecule has 0 N–H and O–H groups in total. The second-order valence-electron chi connectivity index (χ2n) is 7.68. The van der Waals surface area contributed by atoms with Crippen molar-refractivity contribution in [3.63, 3.8) is 0 Å². The Bertz CT molecular complexity index is 704. The number of hydrogen-bond donors (Lipinski definition) is 0. The van der Waals surface area contributed by atoms with E-state index in [-0.39, 0.29) is 18.8 Å². The summed E-state index contributed by atoms with van der Waals surface area (Å²) < 4.78 is 23.4. The molecule has 1 saturated heterocycles. The lowest BCUT2D eigenvalue weighted by Crippen LogP contribution is -2.55. The monoisotopic (exact) mass is 376 g/mol. The molecule has 1 aliphatic rings. The van der Waals surface area contributed by atoms with Gasteiger partial charge in [-0.05, 0) is 53.0 Å². The molecule has 5 nitrogen and oxygen atoms in total. The number of rotatable bonds is 6. The second kappa shape index (κ2) is 9.59. The first-order chi connectivity index (χ1) is 12.8. The Kier molecular flexibility index (Phi) is 7.46. The number of aromatic nitrogens is 1. The Hall–Kier alpha value is -2.29. The van der Waals surface area contributed by atoms with Crippen molar-refractivity contribution in [2.45, 2.75) is 65.0 Å². The Labute approximate surface area is 161 Å². The minimum Gasteiger partial charge on any atom is -0.489 e. The molecule has 6 heteroatoms. The van der Waals surface area contributed by atoms with Crippen LogP contribution < -0.4 is 4.74 Å². The molecule has 1 fully saturated rings. The molecule has 0 spiro atoms. The van der Waals surface area contributed by atoms with E-state index in [1.807, 2.05) is 33.8 Å². The number of hydrogen-bond acceptors (Lipinski definition) is 4. The minimum atomic E-state index is -0.504. The molecule has 1 amide bonds. The van der Waals surface area contributed by atoms with E-state index < -0.39 is 5.60 Å². The minimum absolute atomic E-state index is 0.00897. The molecule has 2 heterocycles. The van der Waals surface area contributed by atoms with Crippen LogP contribution in [-0.2, 0) is 4.74 Å². The van der Waals surface area contributed by atoms with E-state index in [1.165, 1.54) is 0 Å². The summed E-state index contributed by atoms with van der Waals surface area (Å²) in [6, 6.07) is 1.87. The number of nitrogens with zero attached hydrogens (tertiary/aromatic N) is 2. The number of ether oxygens (including phenoxy) is 2. The zero-order valence-electron chi connectivity index (χ0n) is 16.7. The molecule has 0 aromatic carbocycles. The first kappa shape index (κ1) is 21.0. The lowest BCUT2D eigenvalue weighted by Gasteiger charge is -2.41. The Morgan fingerprint density at radius 3 is 2.81 bits per heavy atom. The van der Waals surface area contributed by atoms with Gasteiger partial charge >= 0.3 is 6.09 Å². The number of halogens is 1. The highest BCUT2D eigenvalue weighted by Crippen LogP contribution is 2.24. The maximum absolute atomic E-state index is 12.2. The van der Waals surface area contributed by atoms with Crippen molar-refractivity contribution in [3.05, 3.63) is 23.5 Å². The van der Waals surface area contributed by atoms with Gasteiger partial charge in [0.2, 0.25) is 0 Å². The van der Waals surface area contributed by atoms with Gasteiger partial charge in [-0.25, -0.2) is 4.79 Å². The molecular formula is C21H29FN2O3. The molecule has 0 radical (unpaired) electrons. The third-order valence-electron chi connectivity index (χ3n) is 4.16. The molecule has 148 valence electrons. The van der Waals surface area contributed by atoms with Crippen LogP contribution in [0, 0.1) is 18.8 Å². The maximum atomic E-state index is 12.2. The predicted molar refractivity (Wildman–Crippen MR) is 103 cm³/mol. The molecule has 1 aromatic rings. The average molecular weight is 376 g/mol. The van der Waals surface area contributed by atoms with Crippen LogP contribution in [0.3, 0.4) is 0 Å². The van der Waals surface area contributed by atoms with Crippen molar-refractivity contribution in [2.24, 2.45) is 0 Å². The summed E-state index contributed by atoms with van der Waals surface area (Å²) in [5, 5.41) is 0. The Morgan fingerprint density at radius 2 is 2.19 bits per heavy atom. The third kappa shape index (κ3) is 6.74. The summed E-state index contributed by atoms with van der Waals surface area (Å²) in [6.45, 7) is 8.23.